The molecule has 0 bridgehead atoms. The number of rotatable bonds is 5. The quantitative estimate of drug-likeness (QED) is 0.663. The van der Waals surface area contributed by atoms with Crippen molar-refractivity contribution in [2.24, 2.45) is 0 Å². The second-order valence-corrected chi connectivity index (χ2v) is 5.33. The van der Waals surface area contributed by atoms with Crippen molar-refractivity contribution in [3.63, 3.8) is 0 Å². The van der Waals surface area contributed by atoms with Gasteiger partial charge in [-0.15, -0.1) is 10.2 Å². The highest BCUT2D eigenvalue weighted by Crippen LogP contribution is 2.22. The van der Waals surface area contributed by atoms with Crippen LogP contribution in [0.3, 0.4) is 0 Å². The fraction of sp³-hybridized carbons (Fsp3) is 0.0556. The van der Waals surface area contributed by atoms with Crippen LogP contribution in [0.1, 0.15) is 10.4 Å². The first-order valence-electron chi connectivity index (χ1n) is 7.67. The number of aromatic nitrogens is 2. The van der Waals surface area contributed by atoms with E-state index in [0.717, 1.165) is 12.1 Å². The Morgan fingerprint density at radius 3 is 2.19 bits per heavy atom. The lowest BCUT2D eigenvalue weighted by molar-refractivity contribution is 0.102. The first-order chi connectivity index (χ1) is 13.0. The number of nitrogens with zero attached hydrogens (tertiary/aromatic N) is 2. The topological polar surface area (TPSA) is 76.1 Å². The molecule has 6 nitrogen and oxygen atoms in total. The van der Waals surface area contributed by atoms with E-state index in [2.05, 4.69) is 20.8 Å². The third-order valence-electron chi connectivity index (χ3n) is 3.56. The van der Waals surface area contributed by atoms with Crippen LogP contribution in [0.25, 0.3) is 0 Å². The van der Waals surface area contributed by atoms with E-state index in [4.69, 9.17) is 4.74 Å². The Balaban J connectivity index is 1.68. The van der Waals surface area contributed by atoms with Gasteiger partial charge in [0.2, 0.25) is 0 Å². The van der Waals surface area contributed by atoms with Crippen LogP contribution in [-0.2, 0) is 0 Å². The lowest BCUT2D eigenvalue weighted by Crippen LogP contribution is -2.13. The fourth-order valence-corrected chi connectivity index (χ4v) is 2.16. The van der Waals surface area contributed by atoms with Crippen molar-refractivity contribution in [1.82, 2.24) is 10.2 Å². The maximum Gasteiger partial charge on any atom is 0.256 e. The summed E-state index contributed by atoms with van der Waals surface area (Å²) in [5.74, 6) is -3.79. The lowest BCUT2D eigenvalue weighted by Gasteiger charge is -2.08. The van der Waals surface area contributed by atoms with Crippen molar-refractivity contribution in [1.29, 1.82) is 0 Å². The number of ether oxygens (including phenoxy) is 1. The summed E-state index contributed by atoms with van der Waals surface area (Å²) in [6, 6.07) is 11.1. The molecule has 0 saturated heterocycles. The minimum atomic E-state index is -1.59. The molecule has 0 aliphatic carbocycles. The standard InChI is InChI=1S/C18H13F3N4O2/c1-27-11-4-2-10(3-5-11)18(26)23-15-9-8-14(24-25-15)22-13-7-6-12(19)16(20)17(13)21/h2-9H,1H3,(H,22,24)(H,23,25,26). The smallest absolute Gasteiger partial charge is 0.256 e. The van der Waals surface area contributed by atoms with E-state index in [1.54, 1.807) is 24.3 Å². The Bertz CT molecular complexity index is 964. The van der Waals surface area contributed by atoms with Crippen LogP contribution in [0.15, 0.2) is 48.5 Å². The summed E-state index contributed by atoms with van der Waals surface area (Å²) in [5, 5.41) is 12.6. The zero-order valence-corrected chi connectivity index (χ0v) is 14.0. The first-order valence-corrected chi connectivity index (χ1v) is 7.67. The highest BCUT2D eigenvalue weighted by atomic mass is 19.2. The molecule has 2 N–H and O–H groups in total. The third kappa shape index (κ3) is 4.14. The molecule has 0 unspecified atom stereocenters. The van der Waals surface area contributed by atoms with Gasteiger partial charge in [-0.05, 0) is 48.5 Å². The number of carbonyl (C=O) groups excluding carboxylic acids is 1. The summed E-state index contributed by atoms with van der Waals surface area (Å²) in [4.78, 5) is 12.1. The Labute approximate surface area is 152 Å². The summed E-state index contributed by atoms with van der Waals surface area (Å²) in [6.45, 7) is 0. The molecule has 0 aliphatic heterocycles. The molecule has 0 saturated carbocycles. The van der Waals surface area contributed by atoms with E-state index in [0.29, 0.717) is 11.3 Å². The van der Waals surface area contributed by atoms with Crippen molar-refractivity contribution in [2.45, 2.75) is 0 Å². The first kappa shape index (κ1) is 18.2. The summed E-state index contributed by atoms with van der Waals surface area (Å²) in [5.41, 5.74) is 0.0990. The van der Waals surface area contributed by atoms with Gasteiger partial charge in [-0.2, -0.15) is 0 Å². The molecule has 27 heavy (non-hydrogen) atoms. The number of carbonyl (C=O) groups is 1. The number of anilines is 3. The molecule has 3 rings (SSSR count). The van der Waals surface area contributed by atoms with Gasteiger partial charge >= 0.3 is 0 Å². The van der Waals surface area contributed by atoms with Crippen LogP contribution < -0.4 is 15.4 Å². The Morgan fingerprint density at radius 2 is 1.56 bits per heavy atom. The van der Waals surface area contributed by atoms with E-state index >= 15 is 0 Å². The van der Waals surface area contributed by atoms with Gasteiger partial charge in [-0.25, -0.2) is 13.2 Å². The molecule has 0 spiro atoms. The van der Waals surface area contributed by atoms with Crippen molar-refractivity contribution in [3.05, 3.63) is 71.5 Å². The number of methoxy groups -OCH3 is 1. The molecule has 3 aromatic rings. The van der Waals surface area contributed by atoms with E-state index in [1.807, 2.05) is 0 Å². The number of benzene rings is 2. The molecule has 0 radical (unpaired) electrons. The predicted octanol–water partition coefficient (Wildman–Crippen LogP) is 3.90. The molecule has 0 atom stereocenters. The van der Waals surface area contributed by atoms with Gasteiger partial charge in [-0.3, -0.25) is 4.79 Å². The van der Waals surface area contributed by atoms with Crippen molar-refractivity contribution >= 4 is 23.2 Å². The minimum absolute atomic E-state index is 0.0855. The molecule has 0 fully saturated rings. The van der Waals surface area contributed by atoms with Gasteiger partial charge in [0.05, 0.1) is 12.8 Å². The highest BCUT2D eigenvalue weighted by Gasteiger charge is 2.14. The van der Waals surface area contributed by atoms with Crippen molar-refractivity contribution < 1.29 is 22.7 Å². The number of nitrogens with one attached hydrogen (secondary N) is 2. The monoisotopic (exact) mass is 374 g/mol. The van der Waals surface area contributed by atoms with Gasteiger partial charge in [0.1, 0.15) is 5.75 Å². The summed E-state index contributed by atoms with van der Waals surface area (Å²) in [7, 11) is 1.52. The largest absolute Gasteiger partial charge is 0.497 e. The number of hydrogen-bond donors (Lipinski definition) is 2. The van der Waals surface area contributed by atoms with Gasteiger partial charge in [-0.1, -0.05) is 0 Å². The molecule has 1 aromatic heterocycles. The van der Waals surface area contributed by atoms with Gasteiger partial charge in [0, 0.05) is 5.56 Å². The lowest BCUT2D eigenvalue weighted by atomic mass is 10.2. The molecule has 138 valence electrons. The Morgan fingerprint density at radius 1 is 0.889 bits per heavy atom. The molecule has 1 heterocycles. The minimum Gasteiger partial charge on any atom is -0.497 e. The molecular formula is C18H13F3N4O2. The molecule has 0 aliphatic rings. The number of halogens is 3. The molecular weight excluding hydrogens is 361 g/mol. The Kier molecular flexibility index (Phi) is 5.20. The average molecular weight is 374 g/mol. The second-order valence-electron chi connectivity index (χ2n) is 5.33. The zero-order valence-electron chi connectivity index (χ0n) is 14.0. The van der Waals surface area contributed by atoms with Crippen LogP contribution in [0.5, 0.6) is 5.75 Å². The highest BCUT2D eigenvalue weighted by molar-refractivity contribution is 6.03. The van der Waals surface area contributed by atoms with Crippen LogP contribution in [0.4, 0.5) is 30.5 Å². The average Bonchev–Trinajstić information content (AvgIpc) is 2.70. The summed E-state index contributed by atoms with van der Waals surface area (Å²) >= 11 is 0. The number of amides is 1. The second kappa shape index (κ2) is 7.73. The van der Waals surface area contributed by atoms with Crippen LogP contribution in [-0.4, -0.2) is 23.2 Å². The van der Waals surface area contributed by atoms with Crippen LogP contribution in [0, 0.1) is 17.5 Å². The van der Waals surface area contributed by atoms with Crippen molar-refractivity contribution in [3.8, 4) is 5.75 Å². The number of hydrogen-bond acceptors (Lipinski definition) is 5. The van der Waals surface area contributed by atoms with Crippen molar-refractivity contribution in [2.75, 3.05) is 17.7 Å². The SMILES string of the molecule is COc1ccc(C(=O)Nc2ccc(Nc3ccc(F)c(F)c3F)nn2)cc1. The third-order valence-corrected chi connectivity index (χ3v) is 3.56. The van der Waals surface area contributed by atoms with E-state index in [9.17, 15) is 18.0 Å². The predicted molar refractivity (Wildman–Crippen MR) is 92.6 cm³/mol. The normalized spacial score (nSPS) is 10.4. The summed E-state index contributed by atoms with van der Waals surface area (Å²) < 4.78 is 44.8. The Hall–Kier alpha value is -3.62. The van der Waals surface area contributed by atoms with E-state index in [-0.39, 0.29) is 17.3 Å². The van der Waals surface area contributed by atoms with Crippen LogP contribution in [0.2, 0.25) is 0 Å². The van der Waals surface area contributed by atoms with E-state index in [1.165, 1.54) is 19.2 Å². The zero-order chi connectivity index (χ0) is 19.4. The molecule has 2 aromatic carbocycles. The maximum atomic E-state index is 13.6. The summed E-state index contributed by atoms with van der Waals surface area (Å²) in [6.07, 6.45) is 0. The van der Waals surface area contributed by atoms with Crippen LogP contribution >= 0.6 is 0 Å². The molecule has 9 heteroatoms. The fourth-order valence-electron chi connectivity index (χ4n) is 2.16. The van der Waals surface area contributed by atoms with Gasteiger partial charge in [0.15, 0.2) is 29.1 Å². The molecule has 1 amide bonds. The van der Waals surface area contributed by atoms with Gasteiger partial charge < -0.3 is 15.4 Å². The van der Waals surface area contributed by atoms with Gasteiger partial charge in [0.25, 0.3) is 5.91 Å². The van der Waals surface area contributed by atoms with E-state index < -0.39 is 23.4 Å². The maximum absolute atomic E-state index is 13.6.